The quantitative estimate of drug-likeness (QED) is 0.761. The van der Waals surface area contributed by atoms with Gasteiger partial charge in [0.25, 0.3) is 5.91 Å². The highest BCUT2D eigenvalue weighted by atomic mass is 35.5. The number of nitrogens with zero attached hydrogens (tertiary/aromatic N) is 3. The summed E-state index contributed by atoms with van der Waals surface area (Å²) in [6, 6.07) is 3.88. The van der Waals surface area contributed by atoms with Gasteiger partial charge in [0, 0.05) is 51.4 Å². The van der Waals surface area contributed by atoms with E-state index in [0.717, 1.165) is 25.9 Å². The number of benzene rings is 1. The molecule has 2 fully saturated rings. The van der Waals surface area contributed by atoms with Gasteiger partial charge in [0.1, 0.15) is 5.82 Å². The highest BCUT2D eigenvalue weighted by Gasteiger charge is 2.36. The van der Waals surface area contributed by atoms with E-state index >= 15 is 0 Å². The zero-order valence-corrected chi connectivity index (χ0v) is 16.3. The standard InChI is InChI=1S/C19H25ClFN3O3/c1-27-12-11-24-8-5-17(19(24)26)22-6-2-7-23(10-9-22)18(25)15-13-14(20)3-4-16(15)21/h3-4,13,17H,2,5-12H2,1H3. The Hall–Kier alpha value is -1.70. The zero-order valence-electron chi connectivity index (χ0n) is 15.5. The summed E-state index contributed by atoms with van der Waals surface area (Å²) >= 11 is 5.91. The third-order valence-corrected chi connectivity index (χ3v) is 5.49. The number of amides is 2. The van der Waals surface area contributed by atoms with E-state index in [-0.39, 0.29) is 23.4 Å². The van der Waals surface area contributed by atoms with Crippen LogP contribution < -0.4 is 0 Å². The number of likely N-dealkylation sites (tertiary alicyclic amines) is 1. The highest BCUT2D eigenvalue weighted by molar-refractivity contribution is 6.31. The Bertz CT molecular complexity index is 703. The van der Waals surface area contributed by atoms with Crippen LogP contribution in [-0.2, 0) is 9.53 Å². The van der Waals surface area contributed by atoms with Crippen LogP contribution in [0.15, 0.2) is 18.2 Å². The first-order valence-corrected chi connectivity index (χ1v) is 9.65. The molecule has 0 aromatic heterocycles. The molecule has 1 unspecified atom stereocenters. The first kappa shape index (κ1) is 20.0. The first-order valence-electron chi connectivity index (χ1n) is 9.27. The van der Waals surface area contributed by atoms with E-state index in [1.54, 1.807) is 12.0 Å². The molecule has 0 bridgehead atoms. The molecular weight excluding hydrogens is 373 g/mol. The van der Waals surface area contributed by atoms with Crippen molar-refractivity contribution in [2.75, 3.05) is 53.0 Å². The van der Waals surface area contributed by atoms with Gasteiger partial charge in [-0.15, -0.1) is 0 Å². The minimum atomic E-state index is -0.565. The lowest BCUT2D eigenvalue weighted by molar-refractivity contribution is -0.132. The summed E-state index contributed by atoms with van der Waals surface area (Å²) in [5.41, 5.74) is -0.00127. The van der Waals surface area contributed by atoms with Crippen molar-refractivity contribution in [1.29, 1.82) is 0 Å². The zero-order chi connectivity index (χ0) is 19.4. The predicted octanol–water partition coefficient (Wildman–Crippen LogP) is 1.87. The molecule has 3 rings (SSSR count). The Morgan fingerprint density at radius 3 is 2.85 bits per heavy atom. The first-order chi connectivity index (χ1) is 13.0. The Morgan fingerprint density at radius 1 is 1.26 bits per heavy atom. The fraction of sp³-hybridized carbons (Fsp3) is 0.579. The Morgan fingerprint density at radius 2 is 2.07 bits per heavy atom. The lowest BCUT2D eigenvalue weighted by Gasteiger charge is -2.26. The molecule has 1 atom stereocenters. The van der Waals surface area contributed by atoms with Crippen molar-refractivity contribution in [2.24, 2.45) is 0 Å². The van der Waals surface area contributed by atoms with Gasteiger partial charge in [0.15, 0.2) is 0 Å². The Kier molecular flexibility index (Phi) is 6.68. The number of rotatable bonds is 5. The molecule has 2 aliphatic heterocycles. The van der Waals surface area contributed by atoms with Crippen LogP contribution in [0.3, 0.4) is 0 Å². The van der Waals surface area contributed by atoms with E-state index in [1.807, 2.05) is 4.90 Å². The van der Waals surface area contributed by atoms with E-state index in [2.05, 4.69) is 4.90 Å². The Balaban J connectivity index is 1.61. The van der Waals surface area contributed by atoms with Crippen molar-refractivity contribution in [2.45, 2.75) is 18.9 Å². The lowest BCUT2D eigenvalue weighted by Crippen LogP contribution is -2.44. The summed E-state index contributed by atoms with van der Waals surface area (Å²) in [6.45, 7) is 4.23. The molecule has 0 N–H and O–H groups in total. The molecule has 0 saturated carbocycles. The molecule has 2 heterocycles. The fourth-order valence-corrected chi connectivity index (χ4v) is 3.94. The summed E-state index contributed by atoms with van der Waals surface area (Å²) < 4.78 is 19.1. The van der Waals surface area contributed by atoms with Gasteiger partial charge in [0.2, 0.25) is 5.91 Å². The topological polar surface area (TPSA) is 53.1 Å². The monoisotopic (exact) mass is 397 g/mol. The Labute approximate surface area is 163 Å². The molecule has 148 valence electrons. The van der Waals surface area contributed by atoms with Crippen molar-refractivity contribution in [1.82, 2.24) is 14.7 Å². The minimum Gasteiger partial charge on any atom is -0.383 e. The van der Waals surface area contributed by atoms with Crippen molar-refractivity contribution >= 4 is 23.4 Å². The molecule has 2 aliphatic rings. The van der Waals surface area contributed by atoms with Gasteiger partial charge < -0.3 is 14.5 Å². The largest absolute Gasteiger partial charge is 0.383 e. The second-order valence-corrected chi connectivity index (χ2v) is 7.36. The molecule has 0 spiro atoms. The maximum atomic E-state index is 14.0. The van der Waals surface area contributed by atoms with Crippen LogP contribution in [0.4, 0.5) is 4.39 Å². The molecule has 6 nitrogen and oxygen atoms in total. The van der Waals surface area contributed by atoms with E-state index in [4.69, 9.17) is 16.3 Å². The smallest absolute Gasteiger partial charge is 0.256 e. The van der Waals surface area contributed by atoms with Crippen molar-refractivity contribution in [3.63, 3.8) is 0 Å². The maximum absolute atomic E-state index is 14.0. The van der Waals surface area contributed by atoms with E-state index < -0.39 is 5.82 Å². The maximum Gasteiger partial charge on any atom is 0.256 e. The number of carbonyl (C=O) groups is 2. The molecular formula is C19H25ClFN3O3. The summed E-state index contributed by atoms with van der Waals surface area (Å²) in [5, 5.41) is 0.337. The second kappa shape index (κ2) is 8.99. The summed E-state index contributed by atoms with van der Waals surface area (Å²) in [4.78, 5) is 31.0. The van der Waals surface area contributed by atoms with Gasteiger partial charge in [-0.3, -0.25) is 14.5 Å². The molecule has 1 aromatic carbocycles. The van der Waals surface area contributed by atoms with Crippen LogP contribution in [0, 0.1) is 5.82 Å². The third-order valence-electron chi connectivity index (χ3n) is 5.25. The van der Waals surface area contributed by atoms with Gasteiger partial charge in [-0.1, -0.05) is 11.6 Å². The molecule has 2 amide bonds. The van der Waals surface area contributed by atoms with Gasteiger partial charge in [-0.05, 0) is 31.0 Å². The molecule has 0 radical (unpaired) electrons. The predicted molar refractivity (Wildman–Crippen MR) is 100 cm³/mol. The second-order valence-electron chi connectivity index (χ2n) is 6.93. The average molecular weight is 398 g/mol. The number of hydrogen-bond acceptors (Lipinski definition) is 4. The van der Waals surface area contributed by atoms with Crippen molar-refractivity contribution in [3.8, 4) is 0 Å². The molecule has 2 saturated heterocycles. The SMILES string of the molecule is COCCN1CCC(N2CCCN(C(=O)c3cc(Cl)ccc3F)CC2)C1=O. The van der Waals surface area contributed by atoms with Crippen LogP contribution in [0.2, 0.25) is 5.02 Å². The number of ether oxygens (including phenoxy) is 1. The van der Waals surface area contributed by atoms with Crippen LogP contribution in [0.5, 0.6) is 0 Å². The van der Waals surface area contributed by atoms with Crippen LogP contribution >= 0.6 is 11.6 Å². The average Bonchev–Trinajstić information content (AvgIpc) is 2.87. The molecule has 1 aromatic rings. The molecule has 0 aliphatic carbocycles. The third kappa shape index (κ3) is 4.59. The van der Waals surface area contributed by atoms with Gasteiger partial charge in [-0.2, -0.15) is 0 Å². The number of carbonyl (C=O) groups excluding carboxylic acids is 2. The molecule has 8 heteroatoms. The molecule has 27 heavy (non-hydrogen) atoms. The van der Waals surface area contributed by atoms with E-state index in [1.165, 1.54) is 18.2 Å². The number of methoxy groups -OCH3 is 1. The van der Waals surface area contributed by atoms with E-state index in [9.17, 15) is 14.0 Å². The summed E-state index contributed by atoms with van der Waals surface area (Å²) in [5.74, 6) is -0.783. The highest BCUT2D eigenvalue weighted by Crippen LogP contribution is 2.21. The number of hydrogen-bond donors (Lipinski definition) is 0. The van der Waals surface area contributed by atoms with Crippen molar-refractivity contribution in [3.05, 3.63) is 34.6 Å². The van der Waals surface area contributed by atoms with E-state index in [0.29, 0.717) is 37.8 Å². The fourth-order valence-electron chi connectivity index (χ4n) is 3.77. The normalized spacial score (nSPS) is 21.6. The van der Waals surface area contributed by atoms with Gasteiger partial charge >= 0.3 is 0 Å². The minimum absolute atomic E-state index is 0.00127. The van der Waals surface area contributed by atoms with Crippen LogP contribution in [-0.4, -0.2) is 85.5 Å². The van der Waals surface area contributed by atoms with Crippen molar-refractivity contribution < 1.29 is 18.7 Å². The van der Waals surface area contributed by atoms with Gasteiger partial charge in [-0.25, -0.2) is 4.39 Å². The summed E-state index contributed by atoms with van der Waals surface area (Å²) in [7, 11) is 1.63. The van der Waals surface area contributed by atoms with Crippen LogP contribution in [0.1, 0.15) is 23.2 Å². The summed E-state index contributed by atoms with van der Waals surface area (Å²) in [6.07, 6.45) is 1.54. The lowest BCUT2D eigenvalue weighted by atomic mass is 10.2. The van der Waals surface area contributed by atoms with Gasteiger partial charge in [0.05, 0.1) is 18.2 Å². The van der Waals surface area contributed by atoms with Crippen LogP contribution in [0.25, 0.3) is 0 Å². The number of halogens is 2.